The Labute approximate surface area is 215 Å². The van der Waals surface area contributed by atoms with Gasteiger partial charge in [-0.25, -0.2) is 9.37 Å². The summed E-state index contributed by atoms with van der Waals surface area (Å²) in [7, 11) is 0. The standard InChI is InChI=1S/C30H30FN3O3/c1-19(36)34-18-24-16-26(30(37)32-17-20-6-4-11-25(31)14-20)33-29(28(24)27(34)12-13-35)23-10-5-9-22(15-23)21-7-2-3-8-21/h4-7,9-11,14-16,27,35H,2-3,8,12-13,17-18H2,1H3,(H,32,37)/t27-/m1/s1. The Kier molecular flexibility index (Phi) is 7.15. The van der Waals surface area contributed by atoms with E-state index in [0.29, 0.717) is 24.2 Å². The van der Waals surface area contributed by atoms with Crippen molar-refractivity contribution < 1.29 is 19.1 Å². The van der Waals surface area contributed by atoms with E-state index in [-0.39, 0.29) is 42.5 Å². The number of allylic oxidation sites excluding steroid dienone is 2. The van der Waals surface area contributed by atoms with Gasteiger partial charge in [0.1, 0.15) is 11.5 Å². The number of fused-ring (bicyclic) bond motifs is 1. The Morgan fingerprint density at radius 3 is 2.68 bits per heavy atom. The predicted octanol–water partition coefficient (Wildman–Crippen LogP) is 5.17. The summed E-state index contributed by atoms with van der Waals surface area (Å²) in [6, 6.07) is 15.7. The molecule has 37 heavy (non-hydrogen) atoms. The number of amides is 2. The fraction of sp³-hybridized carbons (Fsp3) is 0.300. The molecule has 1 aliphatic carbocycles. The summed E-state index contributed by atoms with van der Waals surface area (Å²) in [6.07, 6.45) is 5.89. The Balaban J connectivity index is 1.56. The first-order chi connectivity index (χ1) is 17.9. The number of pyridine rings is 1. The fourth-order valence-electron chi connectivity index (χ4n) is 5.37. The van der Waals surface area contributed by atoms with E-state index < -0.39 is 0 Å². The number of hydrogen-bond donors (Lipinski definition) is 2. The molecule has 190 valence electrons. The quantitative estimate of drug-likeness (QED) is 0.470. The van der Waals surface area contributed by atoms with Gasteiger partial charge in [0.15, 0.2) is 0 Å². The number of nitrogens with zero attached hydrogens (tertiary/aromatic N) is 2. The molecule has 6 nitrogen and oxygen atoms in total. The molecular formula is C30H30FN3O3. The molecule has 0 bridgehead atoms. The first kappa shape index (κ1) is 24.8. The van der Waals surface area contributed by atoms with Gasteiger partial charge in [0.25, 0.3) is 5.91 Å². The molecule has 3 aromatic rings. The number of halogens is 1. The summed E-state index contributed by atoms with van der Waals surface area (Å²) in [6.45, 7) is 1.96. The minimum Gasteiger partial charge on any atom is -0.396 e. The van der Waals surface area contributed by atoms with Crippen molar-refractivity contribution in [2.45, 2.75) is 51.7 Å². The lowest BCUT2D eigenvalue weighted by atomic mass is 9.93. The number of aliphatic hydroxyl groups is 1. The molecular weight excluding hydrogens is 469 g/mol. The van der Waals surface area contributed by atoms with Crippen LogP contribution in [0.1, 0.15) is 71.4 Å². The van der Waals surface area contributed by atoms with E-state index in [1.165, 1.54) is 24.6 Å². The van der Waals surface area contributed by atoms with Crippen LogP contribution in [0.25, 0.3) is 16.8 Å². The molecule has 0 unspecified atom stereocenters. The van der Waals surface area contributed by atoms with Gasteiger partial charge >= 0.3 is 0 Å². The fourth-order valence-corrected chi connectivity index (χ4v) is 5.37. The van der Waals surface area contributed by atoms with Crippen LogP contribution >= 0.6 is 0 Å². The molecule has 1 atom stereocenters. The number of nitrogens with one attached hydrogen (secondary N) is 1. The number of benzene rings is 2. The van der Waals surface area contributed by atoms with Crippen molar-refractivity contribution in [2.24, 2.45) is 0 Å². The molecule has 5 rings (SSSR count). The van der Waals surface area contributed by atoms with Gasteiger partial charge in [0, 0.05) is 37.7 Å². The van der Waals surface area contributed by atoms with Gasteiger partial charge in [-0.3, -0.25) is 9.59 Å². The van der Waals surface area contributed by atoms with Gasteiger partial charge in [-0.1, -0.05) is 36.4 Å². The maximum atomic E-state index is 13.6. The number of carbonyl (C=O) groups excluding carboxylic acids is 2. The molecule has 0 saturated carbocycles. The molecule has 2 amide bonds. The van der Waals surface area contributed by atoms with Gasteiger partial charge < -0.3 is 15.3 Å². The number of aliphatic hydroxyl groups excluding tert-OH is 1. The highest BCUT2D eigenvalue weighted by atomic mass is 19.1. The van der Waals surface area contributed by atoms with Crippen LogP contribution < -0.4 is 5.32 Å². The molecule has 2 N–H and O–H groups in total. The van der Waals surface area contributed by atoms with Crippen LogP contribution in [0.5, 0.6) is 0 Å². The lowest BCUT2D eigenvalue weighted by molar-refractivity contribution is -0.131. The van der Waals surface area contributed by atoms with Crippen molar-refractivity contribution in [3.05, 3.63) is 94.4 Å². The zero-order chi connectivity index (χ0) is 25.9. The van der Waals surface area contributed by atoms with E-state index in [0.717, 1.165) is 41.5 Å². The van der Waals surface area contributed by atoms with Crippen LogP contribution in [0.2, 0.25) is 0 Å². The molecule has 2 aromatic carbocycles. The van der Waals surface area contributed by atoms with Crippen molar-refractivity contribution in [3.8, 4) is 11.3 Å². The van der Waals surface area contributed by atoms with Crippen LogP contribution in [-0.2, 0) is 17.9 Å². The summed E-state index contributed by atoms with van der Waals surface area (Å²) in [4.78, 5) is 32.2. The Bertz CT molecular complexity index is 1380. The van der Waals surface area contributed by atoms with Crippen LogP contribution in [0, 0.1) is 5.82 Å². The van der Waals surface area contributed by atoms with Crippen LogP contribution in [0.15, 0.2) is 60.7 Å². The van der Waals surface area contributed by atoms with Crippen molar-refractivity contribution in [1.82, 2.24) is 15.2 Å². The second-order valence-corrected chi connectivity index (χ2v) is 9.62. The highest BCUT2D eigenvalue weighted by Gasteiger charge is 2.35. The number of aromatic nitrogens is 1. The van der Waals surface area contributed by atoms with Crippen molar-refractivity contribution in [2.75, 3.05) is 6.61 Å². The highest BCUT2D eigenvalue weighted by molar-refractivity contribution is 5.93. The summed E-state index contributed by atoms with van der Waals surface area (Å²) in [5, 5.41) is 12.6. The largest absolute Gasteiger partial charge is 0.396 e. The van der Waals surface area contributed by atoms with Crippen LogP contribution in [0.3, 0.4) is 0 Å². The van der Waals surface area contributed by atoms with Gasteiger partial charge in [0.2, 0.25) is 5.91 Å². The highest BCUT2D eigenvalue weighted by Crippen LogP contribution is 2.42. The second kappa shape index (κ2) is 10.6. The average molecular weight is 500 g/mol. The SMILES string of the molecule is CC(=O)N1Cc2cc(C(=O)NCc3cccc(F)c3)nc(-c3cccc(C4=CCCC4)c3)c2[C@H]1CCO. The third-order valence-corrected chi connectivity index (χ3v) is 7.12. The molecule has 0 radical (unpaired) electrons. The van der Waals surface area contributed by atoms with E-state index >= 15 is 0 Å². The molecule has 0 saturated heterocycles. The van der Waals surface area contributed by atoms with Gasteiger partial charge in [-0.05, 0) is 72.2 Å². The third-order valence-electron chi connectivity index (χ3n) is 7.12. The first-order valence-corrected chi connectivity index (χ1v) is 12.7. The zero-order valence-electron chi connectivity index (χ0n) is 20.8. The smallest absolute Gasteiger partial charge is 0.270 e. The molecule has 1 aliphatic heterocycles. The molecule has 2 heterocycles. The number of rotatable bonds is 7. The lowest BCUT2D eigenvalue weighted by Crippen LogP contribution is -2.27. The maximum Gasteiger partial charge on any atom is 0.270 e. The number of carbonyl (C=O) groups is 2. The third kappa shape index (κ3) is 5.18. The van der Waals surface area contributed by atoms with E-state index in [4.69, 9.17) is 4.98 Å². The predicted molar refractivity (Wildman–Crippen MR) is 140 cm³/mol. The van der Waals surface area contributed by atoms with E-state index in [2.05, 4.69) is 23.5 Å². The topological polar surface area (TPSA) is 82.5 Å². The molecule has 7 heteroatoms. The molecule has 0 spiro atoms. The summed E-state index contributed by atoms with van der Waals surface area (Å²) < 4.78 is 13.6. The Morgan fingerprint density at radius 1 is 1.14 bits per heavy atom. The first-order valence-electron chi connectivity index (χ1n) is 12.7. The Hall–Kier alpha value is -3.84. The van der Waals surface area contributed by atoms with Crippen LogP contribution in [-0.4, -0.2) is 33.4 Å². The monoisotopic (exact) mass is 499 g/mol. The zero-order valence-corrected chi connectivity index (χ0v) is 20.8. The van der Waals surface area contributed by atoms with E-state index in [9.17, 15) is 19.1 Å². The van der Waals surface area contributed by atoms with Gasteiger partial charge in [-0.2, -0.15) is 0 Å². The molecule has 2 aliphatic rings. The summed E-state index contributed by atoms with van der Waals surface area (Å²) in [5.74, 6) is -0.827. The average Bonchev–Trinajstić information content (AvgIpc) is 3.56. The summed E-state index contributed by atoms with van der Waals surface area (Å²) in [5.41, 5.74) is 6.57. The van der Waals surface area contributed by atoms with Crippen molar-refractivity contribution >= 4 is 17.4 Å². The minimum absolute atomic E-state index is 0.0733. The van der Waals surface area contributed by atoms with Crippen molar-refractivity contribution in [3.63, 3.8) is 0 Å². The second-order valence-electron chi connectivity index (χ2n) is 9.62. The lowest BCUT2D eigenvalue weighted by Gasteiger charge is -2.24. The normalized spacial score (nSPS) is 16.5. The number of hydrogen-bond acceptors (Lipinski definition) is 4. The van der Waals surface area contributed by atoms with Gasteiger partial charge in [-0.15, -0.1) is 0 Å². The molecule has 1 aromatic heterocycles. The van der Waals surface area contributed by atoms with Crippen LogP contribution in [0.4, 0.5) is 4.39 Å². The van der Waals surface area contributed by atoms with Crippen molar-refractivity contribution in [1.29, 1.82) is 0 Å². The maximum absolute atomic E-state index is 13.6. The Morgan fingerprint density at radius 2 is 1.95 bits per heavy atom. The van der Waals surface area contributed by atoms with E-state index in [1.807, 2.05) is 12.1 Å². The minimum atomic E-state index is -0.372. The summed E-state index contributed by atoms with van der Waals surface area (Å²) >= 11 is 0. The van der Waals surface area contributed by atoms with E-state index in [1.54, 1.807) is 23.1 Å². The van der Waals surface area contributed by atoms with Gasteiger partial charge in [0.05, 0.1) is 11.7 Å². The molecule has 0 fully saturated rings.